The molecule has 0 radical (unpaired) electrons. The summed E-state index contributed by atoms with van der Waals surface area (Å²) in [6, 6.07) is 8.68. The monoisotopic (exact) mass is 319 g/mol. The SMILES string of the molecule is CCC(=O)Nc1ccc(Cl)c(NCc2ccn(C)c(=O)c2)c1. The van der Waals surface area contributed by atoms with E-state index in [0.717, 1.165) is 5.56 Å². The van der Waals surface area contributed by atoms with Gasteiger partial charge in [-0.05, 0) is 29.8 Å². The lowest BCUT2D eigenvalue weighted by atomic mass is 10.2. The standard InChI is InChI=1S/C16H18ClN3O2/c1-3-15(21)19-12-4-5-13(17)14(9-12)18-10-11-6-7-20(2)16(22)8-11/h4-9,18H,3,10H2,1-2H3,(H,19,21). The van der Waals surface area contributed by atoms with E-state index in [1.54, 1.807) is 44.4 Å². The van der Waals surface area contributed by atoms with Gasteiger partial charge in [-0.3, -0.25) is 9.59 Å². The van der Waals surface area contributed by atoms with Gasteiger partial charge in [0.2, 0.25) is 5.91 Å². The topological polar surface area (TPSA) is 63.1 Å². The smallest absolute Gasteiger partial charge is 0.250 e. The number of anilines is 2. The number of carbonyl (C=O) groups excluding carboxylic acids is 1. The second kappa shape index (κ2) is 7.13. The predicted molar refractivity (Wildman–Crippen MR) is 89.4 cm³/mol. The molecular weight excluding hydrogens is 302 g/mol. The Morgan fingerprint density at radius 1 is 1.27 bits per heavy atom. The van der Waals surface area contributed by atoms with Crippen molar-refractivity contribution in [2.24, 2.45) is 7.05 Å². The van der Waals surface area contributed by atoms with E-state index in [1.165, 1.54) is 4.57 Å². The summed E-state index contributed by atoms with van der Waals surface area (Å²) < 4.78 is 1.51. The molecule has 0 aliphatic heterocycles. The van der Waals surface area contributed by atoms with Gasteiger partial charge in [0.15, 0.2) is 0 Å². The number of hydrogen-bond acceptors (Lipinski definition) is 3. The quantitative estimate of drug-likeness (QED) is 0.890. The summed E-state index contributed by atoms with van der Waals surface area (Å²) in [7, 11) is 1.70. The van der Waals surface area contributed by atoms with Crippen LogP contribution in [0.15, 0.2) is 41.3 Å². The van der Waals surface area contributed by atoms with Crippen molar-refractivity contribution in [2.75, 3.05) is 10.6 Å². The first-order valence-electron chi connectivity index (χ1n) is 6.98. The Morgan fingerprint density at radius 2 is 2.05 bits per heavy atom. The van der Waals surface area contributed by atoms with Crippen LogP contribution in [0.4, 0.5) is 11.4 Å². The molecule has 1 heterocycles. The first-order valence-corrected chi connectivity index (χ1v) is 7.36. The molecule has 0 aliphatic rings. The maximum absolute atomic E-state index is 11.6. The molecule has 6 heteroatoms. The number of rotatable bonds is 5. The highest BCUT2D eigenvalue weighted by molar-refractivity contribution is 6.33. The van der Waals surface area contributed by atoms with Crippen LogP contribution in [0.5, 0.6) is 0 Å². The van der Waals surface area contributed by atoms with Crippen LogP contribution in [0.2, 0.25) is 5.02 Å². The summed E-state index contributed by atoms with van der Waals surface area (Å²) in [5.41, 5.74) is 2.19. The molecule has 1 amide bonds. The number of nitrogens with one attached hydrogen (secondary N) is 2. The maximum Gasteiger partial charge on any atom is 0.250 e. The second-order valence-corrected chi connectivity index (χ2v) is 5.34. The molecule has 0 bridgehead atoms. The van der Waals surface area contributed by atoms with Crippen LogP contribution in [0.3, 0.4) is 0 Å². The molecule has 1 aromatic heterocycles. The van der Waals surface area contributed by atoms with E-state index in [-0.39, 0.29) is 11.5 Å². The van der Waals surface area contributed by atoms with E-state index in [1.807, 2.05) is 6.07 Å². The Hall–Kier alpha value is -2.27. The fraction of sp³-hybridized carbons (Fsp3) is 0.250. The van der Waals surface area contributed by atoms with Crippen molar-refractivity contribution in [1.29, 1.82) is 0 Å². The number of amides is 1. The fourth-order valence-electron chi connectivity index (χ4n) is 1.88. The highest BCUT2D eigenvalue weighted by Crippen LogP contribution is 2.26. The zero-order valence-electron chi connectivity index (χ0n) is 12.5. The molecule has 5 nitrogen and oxygen atoms in total. The van der Waals surface area contributed by atoms with Gasteiger partial charge in [0, 0.05) is 38.0 Å². The van der Waals surface area contributed by atoms with Gasteiger partial charge in [-0.2, -0.15) is 0 Å². The zero-order chi connectivity index (χ0) is 16.1. The van der Waals surface area contributed by atoms with Crippen LogP contribution in [0.25, 0.3) is 0 Å². The lowest BCUT2D eigenvalue weighted by molar-refractivity contribution is -0.115. The third-order valence-corrected chi connectivity index (χ3v) is 3.55. The number of halogens is 1. The first kappa shape index (κ1) is 16.1. The number of carbonyl (C=O) groups is 1. The van der Waals surface area contributed by atoms with Crippen molar-refractivity contribution in [3.8, 4) is 0 Å². The van der Waals surface area contributed by atoms with Gasteiger partial charge in [-0.1, -0.05) is 18.5 Å². The van der Waals surface area contributed by atoms with Crippen LogP contribution in [-0.2, 0) is 18.4 Å². The third kappa shape index (κ3) is 4.11. The summed E-state index contributed by atoms with van der Waals surface area (Å²) in [6.45, 7) is 2.27. The van der Waals surface area contributed by atoms with Gasteiger partial charge in [0.05, 0.1) is 10.7 Å². The predicted octanol–water partition coefficient (Wildman–Crippen LogP) is 3.00. The molecule has 116 valence electrons. The number of aromatic nitrogens is 1. The zero-order valence-corrected chi connectivity index (χ0v) is 13.3. The molecule has 2 aromatic rings. The van der Waals surface area contributed by atoms with Gasteiger partial charge in [0.1, 0.15) is 0 Å². The molecule has 0 fully saturated rings. The summed E-state index contributed by atoms with van der Waals surface area (Å²) in [4.78, 5) is 23.0. The lowest BCUT2D eigenvalue weighted by Gasteiger charge is -2.11. The van der Waals surface area contributed by atoms with Crippen molar-refractivity contribution >= 4 is 28.9 Å². The molecular formula is C16H18ClN3O2. The van der Waals surface area contributed by atoms with E-state index in [0.29, 0.717) is 29.4 Å². The molecule has 0 spiro atoms. The molecule has 2 rings (SSSR count). The summed E-state index contributed by atoms with van der Waals surface area (Å²) in [5, 5.41) is 6.51. The van der Waals surface area contributed by atoms with Gasteiger partial charge >= 0.3 is 0 Å². The third-order valence-electron chi connectivity index (χ3n) is 3.22. The van der Waals surface area contributed by atoms with Crippen molar-refractivity contribution in [3.63, 3.8) is 0 Å². The van der Waals surface area contributed by atoms with E-state index in [2.05, 4.69) is 10.6 Å². The number of benzene rings is 1. The Balaban J connectivity index is 2.11. The number of nitrogens with zero attached hydrogens (tertiary/aromatic N) is 1. The minimum atomic E-state index is -0.0608. The van der Waals surface area contributed by atoms with Crippen LogP contribution in [0, 0.1) is 0 Å². The highest BCUT2D eigenvalue weighted by atomic mass is 35.5. The number of hydrogen-bond donors (Lipinski definition) is 2. The van der Waals surface area contributed by atoms with Crippen LogP contribution in [-0.4, -0.2) is 10.5 Å². The Labute approximate surface area is 133 Å². The number of pyridine rings is 1. The van der Waals surface area contributed by atoms with E-state index in [9.17, 15) is 9.59 Å². The Kier molecular flexibility index (Phi) is 5.22. The fourth-order valence-corrected chi connectivity index (χ4v) is 2.07. The Morgan fingerprint density at radius 3 is 2.73 bits per heavy atom. The van der Waals surface area contributed by atoms with Crippen LogP contribution >= 0.6 is 11.6 Å². The minimum absolute atomic E-state index is 0.0557. The maximum atomic E-state index is 11.6. The average molecular weight is 320 g/mol. The molecule has 0 aliphatic carbocycles. The lowest BCUT2D eigenvalue weighted by Crippen LogP contribution is -2.16. The second-order valence-electron chi connectivity index (χ2n) is 4.93. The molecule has 1 aromatic carbocycles. The van der Waals surface area contributed by atoms with Crippen molar-refractivity contribution < 1.29 is 4.79 Å². The molecule has 22 heavy (non-hydrogen) atoms. The van der Waals surface area contributed by atoms with Crippen molar-refractivity contribution in [2.45, 2.75) is 19.9 Å². The van der Waals surface area contributed by atoms with Crippen LogP contribution < -0.4 is 16.2 Å². The van der Waals surface area contributed by atoms with Crippen LogP contribution in [0.1, 0.15) is 18.9 Å². The normalized spacial score (nSPS) is 10.3. The summed E-state index contributed by atoms with van der Waals surface area (Å²) in [6.07, 6.45) is 2.14. The Bertz CT molecular complexity index is 740. The molecule has 0 unspecified atom stereocenters. The highest BCUT2D eigenvalue weighted by Gasteiger charge is 2.05. The first-order chi connectivity index (χ1) is 10.5. The van der Waals surface area contributed by atoms with Crippen molar-refractivity contribution in [1.82, 2.24) is 4.57 Å². The molecule has 0 atom stereocenters. The summed E-state index contributed by atoms with van der Waals surface area (Å²) >= 11 is 6.15. The molecule has 2 N–H and O–H groups in total. The average Bonchev–Trinajstić information content (AvgIpc) is 2.51. The minimum Gasteiger partial charge on any atom is -0.380 e. The van der Waals surface area contributed by atoms with Gasteiger partial charge in [-0.25, -0.2) is 0 Å². The van der Waals surface area contributed by atoms with E-state index >= 15 is 0 Å². The van der Waals surface area contributed by atoms with Gasteiger partial charge < -0.3 is 15.2 Å². The van der Waals surface area contributed by atoms with E-state index in [4.69, 9.17) is 11.6 Å². The van der Waals surface area contributed by atoms with Gasteiger partial charge in [0.25, 0.3) is 5.56 Å². The van der Waals surface area contributed by atoms with Gasteiger partial charge in [-0.15, -0.1) is 0 Å². The van der Waals surface area contributed by atoms with Crippen molar-refractivity contribution in [3.05, 3.63) is 57.5 Å². The molecule has 0 saturated heterocycles. The number of aryl methyl sites for hydroxylation is 1. The van der Waals surface area contributed by atoms with E-state index < -0.39 is 0 Å². The largest absolute Gasteiger partial charge is 0.380 e. The summed E-state index contributed by atoms with van der Waals surface area (Å²) in [5.74, 6) is -0.0557. The molecule has 0 saturated carbocycles.